The van der Waals surface area contributed by atoms with Crippen molar-refractivity contribution in [2.75, 3.05) is 13.2 Å². The average molecular weight is 252 g/mol. The van der Waals surface area contributed by atoms with E-state index in [0.717, 1.165) is 45.3 Å². The summed E-state index contributed by atoms with van der Waals surface area (Å²) in [4.78, 5) is 14.5. The lowest BCUT2D eigenvalue weighted by Crippen LogP contribution is -2.38. The zero-order valence-electron chi connectivity index (χ0n) is 11.3. The molecule has 2 aliphatic heterocycles. The van der Waals surface area contributed by atoms with Gasteiger partial charge >= 0.3 is 0 Å². The van der Waals surface area contributed by atoms with Crippen LogP contribution in [-0.2, 0) is 9.53 Å². The van der Waals surface area contributed by atoms with E-state index in [9.17, 15) is 4.79 Å². The molecule has 18 heavy (non-hydrogen) atoms. The minimum atomic E-state index is -0.156. The van der Waals surface area contributed by atoms with Gasteiger partial charge in [-0.25, -0.2) is 0 Å². The molecule has 0 aromatic rings. The van der Waals surface area contributed by atoms with E-state index in [4.69, 9.17) is 4.74 Å². The summed E-state index contributed by atoms with van der Waals surface area (Å²) < 4.78 is 5.65. The fourth-order valence-corrected chi connectivity index (χ4v) is 3.27. The molecule has 1 aliphatic carbocycles. The van der Waals surface area contributed by atoms with Crippen LogP contribution in [0.2, 0.25) is 0 Å². The summed E-state index contributed by atoms with van der Waals surface area (Å²) in [5, 5.41) is 3.55. The average Bonchev–Trinajstić information content (AvgIpc) is 2.86. The molecule has 2 atom stereocenters. The van der Waals surface area contributed by atoms with Gasteiger partial charge in [-0.1, -0.05) is 13.3 Å². The van der Waals surface area contributed by atoms with Crippen molar-refractivity contribution in [3.8, 4) is 0 Å². The van der Waals surface area contributed by atoms with Gasteiger partial charge in [0.05, 0.1) is 17.8 Å². The van der Waals surface area contributed by atoms with E-state index in [1.807, 2.05) is 0 Å². The van der Waals surface area contributed by atoms with Crippen LogP contribution in [0.1, 0.15) is 51.9 Å². The Morgan fingerprint density at radius 1 is 1.44 bits per heavy atom. The van der Waals surface area contributed by atoms with Crippen LogP contribution in [-0.4, -0.2) is 41.8 Å². The van der Waals surface area contributed by atoms with E-state index in [0.29, 0.717) is 12.0 Å². The number of nitrogens with zero attached hydrogens (tertiary/aromatic N) is 1. The van der Waals surface area contributed by atoms with Crippen LogP contribution in [0.15, 0.2) is 0 Å². The van der Waals surface area contributed by atoms with Crippen LogP contribution in [0.25, 0.3) is 0 Å². The molecule has 1 N–H and O–H groups in total. The number of ether oxygens (including phenoxy) is 1. The highest BCUT2D eigenvalue weighted by molar-refractivity contribution is 5.91. The molecule has 0 bridgehead atoms. The highest BCUT2D eigenvalue weighted by atomic mass is 16.5. The Hall–Kier alpha value is -0.610. The van der Waals surface area contributed by atoms with Crippen LogP contribution >= 0.6 is 0 Å². The van der Waals surface area contributed by atoms with Crippen molar-refractivity contribution >= 4 is 5.91 Å². The number of carbonyl (C=O) groups is 1. The van der Waals surface area contributed by atoms with E-state index in [1.165, 1.54) is 12.8 Å². The molecule has 4 heteroatoms. The number of amides is 1. The zero-order valence-corrected chi connectivity index (χ0v) is 11.3. The summed E-state index contributed by atoms with van der Waals surface area (Å²) in [6, 6.07) is 0. The van der Waals surface area contributed by atoms with Gasteiger partial charge in [0, 0.05) is 13.2 Å². The normalized spacial score (nSPS) is 33.6. The van der Waals surface area contributed by atoms with Gasteiger partial charge in [0.2, 0.25) is 5.91 Å². The Morgan fingerprint density at radius 3 is 2.89 bits per heavy atom. The van der Waals surface area contributed by atoms with Crippen LogP contribution in [0.3, 0.4) is 0 Å². The van der Waals surface area contributed by atoms with Gasteiger partial charge in [-0.15, -0.1) is 0 Å². The van der Waals surface area contributed by atoms with Crippen molar-refractivity contribution in [1.82, 2.24) is 10.2 Å². The molecule has 1 saturated carbocycles. The Balaban J connectivity index is 1.58. The third-order valence-corrected chi connectivity index (χ3v) is 4.52. The summed E-state index contributed by atoms with van der Waals surface area (Å²) in [5.74, 6) is 0.346. The lowest BCUT2D eigenvalue weighted by molar-refractivity contribution is -0.131. The van der Waals surface area contributed by atoms with Crippen LogP contribution in [0.5, 0.6) is 0 Å². The number of rotatable bonds is 5. The zero-order chi connectivity index (χ0) is 12.6. The van der Waals surface area contributed by atoms with Gasteiger partial charge in [0.15, 0.2) is 0 Å². The molecular formula is C14H24N2O2. The predicted octanol–water partition coefficient (Wildman–Crippen LogP) is 1.65. The molecule has 2 heterocycles. The standard InChI is InChI=1S/C14H24N2O2/c1-2-4-12-15-14(7-8-14)13(17)16(12)9-6-11-5-3-10-18-11/h11-12,15H,2-10H2,1H3. The van der Waals surface area contributed by atoms with Gasteiger partial charge in [0.25, 0.3) is 0 Å². The van der Waals surface area contributed by atoms with Crippen LogP contribution in [0, 0.1) is 0 Å². The lowest BCUT2D eigenvalue weighted by Gasteiger charge is -2.25. The Labute approximate surface area is 109 Å². The van der Waals surface area contributed by atoms with Crippen molar-refractivity contribution in [2.45, 2.75) is 69.7 Å². The smallest absolute Gasteiger partial charge is 0.244 e. The third kappa shape index (κ3) is 2.16. The molecule has 0 aromatic carbocycles. The minimum absolute atomic E-state index is 0.156. The van der Waals surface area contributed by atoms with Crippen LogP contribution in [0.4, 0.5) is 0 Å². The SMILES string of the molecule is CCCC1NC2(CC2)C(=O)N1CCC1CCCO1. The van der Waals surface area contributed by atoms with E-state index in [1.54, 1.807) is 0 Å². The first-order chi connectivity index (χ1) is 8.75. The van der Waals surface area contributed by atoms with Gasteiger partial charge in [-0.05, 0) is 38.5 Å². The molecule has 1 amide bonds. The van der Waals surface area contributed by atoms with Gasteiger partial charge in [-0.2, -0.15) is 0 Å². The number of hydrogen-bond acceptors (Lipinski definition) is 3. The maximum atomic E-state index is 12.4. The summed E-state index contributed by atoms with van der Waals surface area (Å²) in [7, 11) is 0. The van der Waals surface area contributed by atoms with Gasteiger partial charge in [0.1, 0.15) is 0 Å². The number of hydrogen-bond donors (Lipinski definition) is 1. The first kappa shape index (κ1) is 12.4. The number of nitrogens with one attached hydrogen (secondary N) is 1. The summed E-state index contributed by atoms with van der Waals surface area (Å²) in [6.07, 6.45) is 8.26. The molecule has 102 valence electrons. The van der Waals surface area contributed by atoms with Crippen LogP contribution < -0.4 is 5.32 Å². The molecule has 3 rings (SSSR count). The Morgan fingerprint density at radius 2 is 2.28 bits per heavy atom. The maximum Gasteiger partial charge on any atom is 0.244 e. The molecule has 2 unspecified atom stereocenters. The maximum absolute atomic E-state index is 12.4. The summed E-state index contributed by atoms with van der Waals surface area (Å²) >= 11 is 0. The van der Waals surface area contributed by atoms with Crippen molar-refractivity contribution in [1.29, 1.82) is 0 Å². The van der Waals surface area contributed by atoms with Crippen molar-refractivity contribution in [2.24, 2.45) is 0 Å². The first-order valence-electron chi connectivity index (χ1n) is 7.45. The molecule has 0 radical (unpaired) electrons. The number of carbonyl (C=O) groups excluding carboxylic acids is 1. The molecule has 2 saturated heterocycles. The summed E-state index contributed by atoms with van der Waals surface area (Å²) in [6.45, 7) is 3.95. The molecule has 3 fully saturated rings. The fraction of sp³-hybridized carbons (Fsp3) is 0.929. The Bertz CT molecular complexity index is 322. The second-order valence-corrected chi connectivity index (χ2v) is 5.95. The first-order valence-corrected chi connectivity index (χ1v) is 7.45. The minimum Gasteiger partial charge on any atom is -0.378 e. The predicted molar refractivity (Wildman–Crippen MR) is 69.1 cm³/mol. The topological polar surface area (TPSA) is 41.6 Å². The third-order valence-electron chi connectivity index (χ3n) is 4.52. The van der Waals surface area contributed by atoms with E-state index in [-0.39, 0.29) is 11.7 Å². The quantitative estimate of drug-likeness (QED) is 0.809. The second-order valence-electron chi connectivity index (χ2n) is 5.95. The lowest BCUT2D eigenvalue weighted by atomic mass is 10.1. The van der Waals surface area contributed by atoms with Crippen molar-refractivity contribution in [3.63, 3.8) is 0 Å². The molecule has 3 aliphatic rings. The molecule has 4 nitrogen and oxygen atoms in total. The molecule has 1 spiro atoms. The van der Waals surface area contributed by atoms with E-state index < -0.39 is 0 Å². The largest absolute Gasteiger partial charge is 0.378 e. The second kappa shape index (κ2) is 4.82. The van der Waals surface area contributed by atoms with Gasteiger partial charge in [-0.3, -0.25) is 10.1 Å². The summed E-state index contributed by atoms with van der Waals surface area (Å²) in [5.41, 5.74) is -0.156. The van der Waals surface area contributed by atoms with Crippen molar-refractivity contribution < 1.29 is 9.53 Å². The van der Waals surface area contributed by atoms with Crippen molar-refractivity contribution in [3.05, 3.63) is 0 Å². The Kier molecular flexibility index (Phi) is 3.32. The van der Waals surface area contributed by atoms with Gasteiger partial charge < -0.3 is 9.64 Å². The highest BCUT2D eigenvalue weighted by Gasteiger charge is 2.58. The van der Waals surface area contributed by atoms with E-state index in [2.05, 4.69) is 17.1 Å². The van der Waals surface area contributed by atoms with E-state index >= 15 is 0 Å². The fourth-order valence-electron chi connectivity index (χ4n) is 3.27. The molecular weight excluding hydrogens is 228 g/mol. The highest BCUT2D eigenvalue weighted by Crippen LogP contribution is 2.42. The molecule has 0 aromatic heterocycles. The monoisotopic (exact) mass is 252 g/mol.